The molecule has 0 aliphatic rings. The van der Waals surface area contributed by atoms with Crippen LogP contribution in [0.2, 0.25) is 0 Å². The summed E-state index contributed by atoms with van der Waals surface area (Å²) < 4.78 is 57.8. The minimum Gasteiger partial charge on any atom is -0.494 e. The molecule has 0 unspecified atom stereocenters. The van der Waals surface area contributed by atoms with Gasteiger partial charge in [-0.25, -0.2) is 18.2 Å². The van der Waals surface area contributed by atoms with Crippen molar-refractivity contribution >= 4 is 27.8 Å². The standard InChI is InChI=1S/C25H26FN3O6S/c1-4-35-20-11-9-19(10-12-20)29(17-25(30)28-27-16-18-7-5-6-8-22(18)26)36(31,32)21-13-14-23(33-2)24(15-21)34-3/h5-16H,4,17H2,1-3H3,(H,28,30)/b27-16-. The van der Waals surface area contributed by atoms with Crippen LogP contribution in [-0.4, -0.2) is 47.9 Å². The van der Waals surface area contributed by atoms with Crippen LogP contribution in [0.4, 0.5) is 10.1 Å². The van der Waals surface area contributed by atoms with Crippen molar-refractivity contribution < 1.29 is 31.8 Å². The molecule has 11 heteroatoms. The second kappa shape index (κ2) is 12.0. The summed E-state index contributed by atoms with van der Waals surface area (Å²) in [5, 5.41) is 3.75. The van der Waals surface area contributed by atoms with Crippen molar-refractivity contribution in [3.8, 4) is 17.2 Å². The predicted octanol–water partition coefficient (Wildman–Crippen LogP) is 3.59. The molecule has 0 aliphatic heterocycles. The van der Waals surface area contributed by atoms with Crippen molar-refractivity contribution in [2.45, 2.75) is 11.8 Å². The molecule has 0 aliphatic carbocycles. The molecule has 1 amide bonds. The zero-order valence-corrected chi connectivity index (χ0v) is 20.8. The van der Waals surface area contributed by atoms with E-state index in [0.717, 1.165) is 10.5 Å². The van der Waals surface area contributed by atoms with Crippen LogP contribution in [-0.2, 0) is 14.8 Å². The lowest BCUT2D eigenvalue weighted by Gasteiger charge is -2.24. The first-order chi connectivity index (χ1) is 17.3. The van der Waals surface area contributed by atoms with Gasteiger partial charge in [-0.2, -0.15) is 5.10 Å². The maximum absolute atomic E-state index is 13.8. The number of amides is 1. The number of nitrogens with zero attached hydrogens (tertiary/aromatic N) is 2. The number of sulfonamides is 1. The molecular weight excluding hydrogens is 489 g/mol. The molecule has 0 fully saturated rings. The lowest BCUT2D eigenvalue weighted by Crippen LogP contribution is -2.39. The molecule has 3 aromatic carbocycles. The molecule has 0 spiro atoms. The van der Waals surface area contributed by atoms with E-state index in [9.17, 15) is 17.6 Å². The van der Waals surface area contributed by atoms with Crippen LogP contribution in [0.3, 0.4) is 0 Å². The molecular formula is C25H26FN3O6S. The quantitative estimate of drug-likeness (QED) is 0.309. The van der Waals surface area contributed by atoms with Gasteiger partial charge in [0.15, 0.2) is 11.5 Å². The van der Waals surface area contributed by atoms with Crippen molar-refractivity contribution in [2.24, 2.45) is 5.10 Å². The zero-order chi connectivity index (χ0) is 26.1. The third-order valence-electron chi connectivity index (χ3n) is 4.96. The number of hydrogen-bond acceptors (Lipinski definition) is 7. The van der Waals surface area contributed by atoms with Crippen molar-refractivity contribution in [1.29, 1.82) is 0 Å². The Labute approximate surface area is 209 Å². The lowest BCUT2D eigenvalue weighted by molar-refractivity contribution is -0.119. The fourth-order valence-electron chi connectivity index (χ4n) is 3.21. The van der Waals surface area contributed by atoms with Gasteiger partial charge < -0.3 is 14.2 Å². The van der Waals surface area contributed by atoms with E-state index in [-0.39, 0.29) is 21.9 Å². The van der Waals surface area contributed by atoms with E-state index in [1.807, 2.05) is 6.92 Å². The third-order valence-corrected chi connectivity index (χ3v) is 6.73. The Morgan fingerprint density at radius 2 is 1.72 bits per heavy atom. The normalized spacial score (nSPS) is 11.2. The van der Waals surface area contributed by atoms with E-state index in [4.69, 9.17) is 14.2 Å². The maximum Gasteiger partial charge on any atom is 0.264 e. The Bertz CT molecular complexity index is 1330. The average Bonchev–Trinajstić information content (AvgIpc) is 2.88. The molecule has 0 saturated heterocycles. The summed E-state index contributed by atoms with van der Waals surface area (Å²) >= 11 is 0. The molecule has 9 nitrogen and oxygen atoms in total. The monoisotopic (exact) mass is 515 g/mol. The highest BCUT2D eigenvalue weighted by Gasteiger charge is 2.28. The van der Waals surface area contributed by atoms with Crippen molar-refractivity contribution in [2.75, 3.05) is 31.7 Å². The maximum atomic E-state index is 13.8. The van der Waals surface area contributed by atoms with Crippen LogP contribution in [0, 0.1) is 5.82 Å². The Kier molecular flexibility index (Phi) is 8.85. The van der Waals surface area contributed by atoms with Crippen LogP contribution in [0.5, 0.6) is 17.2 Å². The van der Waals surface area contributed by atoms with Crippen LogP contribution in [0.1, 0.15) is 12.5 Å². The second-order valence-electron chi connectivity index (χ2n) is 7.27. The van der Waals surface area contributed by atoms with Crippen molar-refractivity contribution in [1.82, 2.24) is 5.43 Å². The SMILES string of the molecule is CCOc1ccc(N(CC(=O)N/N=C\c2ccccc2F)S(=O)(=O)c2ccc(OC)c(OC)c2)cc1. The van der Waals surface area contributed by atoms with E-state index in [0.29, 0.717) is 18.1 Å². The Hall–Kier alpha value is -4.12. The third kappa shape index (κ3) is 6.30. The molecule has 36 heavy (non-hydrogen) atoms. The number of methoxy groups -OCH3 is 2. The summed E-state index contributed by atoms with van der Waals surface area (Å²) in [7, 11) is -1.41. The fourth-order valence-corrected chi connectivity index (χ4v) is 4.65. The van der Waals surface area contributed by atoms with Crippen molar-refractivity contribution in [3.05, 3.63) is 78.1 Å². The first-order valence-corrected chi connectivity index (χ1v) is 12.3. The number of hydrazone groups is 1. The summed E-state index contributed by atoms with van der Waals surface area (Å²) in [5.74, 6) is -0.139. The van der Waals surface area contributed by atoms with Crippen molar-refractivity contribution in [3.63, 3.8) is 0 Å². The molecule has 0 radical (unpaired) electrons. The van der Waals surface area contributed by atoms with E-state index >= 15 is 0 Å². The zero-order valence-electron chi connectivity index (χ0n) is 20.0. The van der Waals surface area contributed by atoms with E-state index in [1.165, 1.54) is 62.8 Å². The van der Waals surface area contributed by atoms with Gasteiger partial charge in [0.2, 0.25) is 0 Å². The number of benzene rings is 3. The number of halogens is 1. The van der Waals surface area contributed by atoms with Crippen LogP contribution in [0.15, 0.2) is 76.7 Å². The molecule has 0 saturated carbocycles. The van der Waals surface area contributed by atoms with Crippen LogP contribution in [0.25, 0.3) is 0 Å². The topological polar surface area (TPSA) is 107 Å². The predicted molar refractivity (Wildman–Crippen MR) is 134 cm³/mol. The molecule has 0 atom stereocenters. The molecule has 1 N–H and O–H groups in total. The highest BCUT2D eigenvalue weighted by atomic mass is 32.2. The Morgan fingerprint density at radius 1 is 1.03 bits per heavy atom. The van der Waals surface area contributed by atoms with Gasteiger partial charge in [0.25, 0.3) is 15.9 Å². The summed E-state index contributed by atoms with van der Waals surface area (Å²) in [6.07, 6.45) is 1.14. The summed E-state index contributed by atoms with van der Waals surface area (Å²) in [6, 6.07) is 16.3. The Morgan fingerprint density at radius 3 is 2.36 bits per heavy atom. The second-order valence-corrected chi connectivity index (χ2v) is 9.13. The highest BCUT2D eigenvalue weighted by Crippen LogP contribution is 2.32. The fraction of sp³-hybridized carbons (Fsp3) is 0.200. The molecule has 190 valence electrons. The number of carbonyl (C=O) groups excluding carboxylic acids is 1. The van der Waals surface area contributed by atoms with Crippen LogP contribution < -0.4 is 23.9 Å². The average molecular weight is 516 g/mol. The van der Waals surface area contributed by atoms with E-state index in [1.54, 1.807) is 18.2 Å². The van der Waals surface area contributed by atoms with Gasteiger partial charge in [0.1, 0.15) is 18.1 Å². The Balaban J connectivity index is 1.92. The lowest BCUT2D eigenvalue weighted by atomic mass is 10.2. The molecule has 0 heterocycles. The van der Waals surface area contributed by atoms with Gasteiger partial charge in [0, 0.05) is 11.6 Å². The first-order valence-electron chi connectivity index (χ1n) is 10.8. The van der Waals surface area contributed by atoms with Gasteiger partial charge in [0.05, 0.1) is 37.6 Å². The molecule has 3 aromatic rings. The number of rotatable bonds is 11. The number of hydrogen-bond donors (Lipinski definition) is 1. The van der Waals surface area contributed by atoms with Gasteiger partial charge in [-0.3, -0.25) is 9.10 Å². The first kappa shape index (κ1) is 26.5. The smallest absolute Gasteiger partial charge is 0.264 e. The summed E-state index contributed by atoms with van der Waals surface area (Å²) in [6.45, 7) is 1.67. The van der Waals surface area contributed by atoms with Gasteiger partial charge in [-0.05, 0) is 49.4 Å². The molecule has 0 bridgehead atoms. The largest absolute Gasteiger partial charge is 0.494 e. The summed E-state index contributed by atoms with van der Waals surface area (Å²) in [5.41, 5.74) is 2.63. The molecule has 0 aromatic heterocycles. The van der Waals surface area contributed by atoms with E-state index in [2.05, 4.69) is 10.5 Å². The highest BCUT2D eigenvalue weighted by molar-refractivity contribution is 7.92. The van der Waals surface area contributed by atoms with Gasteiger partial charge >= 0.3 is 0 Å². The minimum absolute atomic E-state index is 0.114. The summed E-state index contributed by atoms with van der Waals surface area (Å²) in [4.78, 5) is 12.6. The minimum atomic E-state index is -4.23. The number of anilines is 1. The number of ether oxygens (including phenoxy) is 3. The molecule has 3 rings (SSSR count). The number of nitrogens with one attached hydrogen (secondary N) is 1. The van der Waals surface area contributed by atoms with Gasteiger partial charge in [-0.1, -0.05) is 18.2 Å². The van der Waals surface area contributed by atoms with E-state index < -0.39 is 28.3 Å². The number of carbonyl (C=O) groups is 1. The van der Waals surface area contributed by atoms with Crippen LogP contribution >= 0.6 is 0 Å². The van der Waals surface area contributed by atoms with Gasteiger partial charge in [-0.15, -0.1) is 0 Å².